The molecule has 0 bridgehead atoms. The molecule has 0 saturated carbocycles. The number of halogens is 2. The van der Waals surface area contributed by atoms with Gasteiger partial charge in [-0.25, -0.2) is 18.4 Å². The Hall–Kier alpha value is -1.88. The van der Waals surface area contributed by atoms with E-state index in [1.807, 2.05) is 6.07 Å². The van der Waals surface area contributed by atoms with Gasteiger partial charge in [0.2, 0.25) is 0 Å². The molecule has 1 aromatic carbocycles. The molecule has 2 aromatic rings. The second kappa shape index (κ2) is 5.85. The summed E-state index contributed by atoms with van der Waals surface area (Å²) in [7, 11) is -3.95. The fourth-order valence-electron chi connectivity index (χ4n) is 1.56. The second-order valence-electron chi connectivity index (χ2n) is 4.02. The molecule has 108 valence electrons. The molecule has 0 fully saturated rings. The maximum Gasteiger partial charge on any atom is 0.263 e. The third-order valence-corrected chi connectivity index (χ3v) is 4.81. The predicted molar refractivity (Wildman–Crippen MR) is 78.8 cm³/mol. The van der Waals surface area contributed by atoms with Gasteiger partial charge in [-0.05, 0) is 24.6 Å². The van der Waals surface area contributed by atoms with Crippen LogP contribution in [-0.2, 0) is 10.0 Å². The van der Waals surface area contributed by atoms with E-state index >= 15 is 0 Å². The summed E-state index contributed by atoms with van der Waals surface area (Å²) in [6.45, 7) is 1.62. The van der Waals surface area contributed by atoms with Crippen LogP contribution >= 0.6 is 23.2 Å². The lowest BCUT2D eigenvalue weighted by molar-refractivity contribution is 0.600. The topological polar surface area (TPSA) is 95.7 Å². The maximum absolute atomic E-state index is 12.4. The summed E-state index contributed by atoms with van der Waals surface area (Å²) >= 11 is 11.6. The van der Waals surface area contributed by atoms with Crippen LogP contribution < -0.4 is 4.72 Å². The van der Waals surface area contributed by atoms with E-state index in [4.69, 9.17) is 28.5 Å². The first kappa shape index (κ1) is 15.5. The number of hydrogen-bond donors (Lipinski definition) is 1. The Morgan fingerprint density at radius 2 is 2.00 bits per heavy atom. The van der Waals surface area contributed by atoms with Crippen LogP contribution in [0.5, 0.6) is 0 Å². The number of hydrogen-bond acceptors (Lipinski definition) is 5. The molecule has 0 amide bonds. The zero-order valence-electron chi connectivity index (χ0n) is 10.6. The fraction of sp³-hybridized carbons (Fsp3) is 0.0833. The minimum absolute atomic E-state index is 0.0349. The van der Waals surface area contributed by atoms with E-state index in [0.29, 0.717) is 5.56 Å². The molecule has 6 nitrogen and oxygen atoms in total. The highest BCUT2D eigenvalue weighted by Crippen LogP contribution is 2.28. The summed E-state index contributed by atoms with van der Waals surface area (Å²) in [5, 5.41) is 8.70. The van der Waals surface area contributed by atoms with Crippen LogP contribution in [0.2, 0.25) is 10.2 Å². The van der Waals surface area contributed by atoms with Crippen molar-refractivity contribution in [2.24, 2.45) is 0 Å². The first-order valence-corrected chi connectivity index (χ1v) is 7.78. The van der Waals surface area contributed by atoms with Gasteiger partial charge in [-0.15, -0.1) is 0 Å². The SMILES string of the molecule is Cc1ccc(C#N)cc1S(=O)(=O)Nc1ncnc(Cl)c1Cl. The number of nitrogens with one attached hydrogen (secondary N) is 1. The third-order valence-electron chi connectivity index (χ3n) is 2.58. The zero-order valence-corrected chi connectivity index (χ0v) is 13.0. The summed E-state index contributed by atoms with van der Waals surface area (Å²) < 4.78 is 27.0. The normalized spacial score (nSPS) is 11.0. The fourth-order valence-corrected chi connectivity index (χ4v) is 3.19. The van der Waals surface area contributed by atoms with E-state index < -0.39 is 10.0 Å². The van der Waals surface area contributed by atoms with Crippen molar-refractivity contribution < 1.29 is 8.42 Å². The highest BCUT2D eigenvalue weighted by molar-refractivity contribution is 7.92. The van der Waals surface area contributed by atoms with Crippen LogP contribution in [-0.4, -0.2) is 18.4 Å². The minimum atomic E-state index is -3.95. The van der Waals surface area contributed by atoms with Crippen molar-refractivity contribution in [3.05, 3.63) is 45.8 Å². The van der Waals surface area contributed by atoms with Gasteiger partial charge in [0.05, 0.1) is 16.5 Å². The maximum atomic E-state index is 12.4. The van der Waals surface area contributed by atoms with Crippen molar-refractivity contribution in [2.45, 2.75) is 11.8 Å². The average molecular weight is 343 g/mol. The lowest BCUT2D eigenvalue weighted by atomic mass is 10.2. The summed E-state index contributed by atoms with van der Waals surface area (Å²) in [5.74, 6) is -0.126. The van der Waals surface area contributed by atoms with E-state index in [1.54, 1.807) is 13.0 Å². The Kier molecular flexibility index (Phi) is 4.32. The quantitative estimate of drug-likeness (QED) is 0.865. The minimum Gasteiger partial charge on any atom is -0.262 e. The van der Waals surface area contributed by atoms with Crippen LogP contribution in [0.15, 0.2) is 29.4 Å². The smallest absolute Gasteiger partial charge is 0.262 e. The van der Waals surface area contributed by atoms with Crippen molar-refractivity contribution in [3.8, 4) is 6.07 Å². The molecule has 0 spiro atoms. The summed E-state index contributed by atoms with van der Waals surface area (Å²) in [6, 6.07) is 6.23. The van der Waals surface area contributed by atoms with E-state index in [9.17, 15) is 8.42 Å². The van der Waals surface area contributed by atoms with Gasteiger partial charge in [0.25, 0.3) is 10.0 Å². The van der Waals surface area contributed by atoms with E-state index in [2.05, 4.69) is 14.7 Å². The zero-order chi connectivity index (χ0) is 15.6. The molecule has 2 rings (SSSR count). The number of sulfonamides is 1. The van der Waals surface area contributed by atoms with Gasteiger partial charge in [0.15, 0.2) is 11.0 Å². The van der Waals surface area contributed by atoms with Crippen LogP contribution in [0.4, 0.5) is 5.82 Å². The Labute approximate surface area is 131 Å². The largest absolute Gasteiger partial charge is 0.263 e. The van der Waals surface area contributed by atoms with Gasteiger partial charge < -0.3 is 0 Å². The number of aryl methyl sites for hydroxylation is 1. The van der Waals surface area contributed by atoms with Crippen LogP contribution in [0, 0.1) is 18.3 Å². The van der Waals surface area contributed by atoms with Crippen molar-refractivity contribution in [3.63, 3.8) is 0 Å². The van der Waals surface area contributed by atoms with Crippen LogP contribution in [0.1, 0.15) is 11.1 Å². The molecule has 0 aliphatic carbocycles. The molecule has 1 aromatic heterocycles. The molecule has 1 heterocycles. The first-order chi connectivity index (χ1) is 9.85. The number of anilines is 1. The molecule has 21 heavy (non-hydrogen) atoms. The Morgan fingerprint density at radius 3 is 2.67 bits per heavy atom. The molecule has 0 unspecified atom stereocenters. The summed E-state index contributed by atoms with van der Waals surface area (Å²) in [6.07, 6.45) is 1.09. The molecular formula is C12H8Cl2N4O2S. The molecule has 0 saturated heterocycles. The predicted octanol–water partition coefficient (Wildman–Crippen LogP) is 2.76. The average Bonchev–Trinajstić information content (AvgIpc) is 2.44. The number of nitrogens with zero attached hydrogens (tertiary/aromatic N) is 3. The summed E-state index contributed by atoms with van der Waals surface area (Å²) in [4.78, 5) is 7.34. The standard InChI is InChI=1S/C12H8Cl2N4O2S/c1-7-2-3-8(5-15)4-9(7)21(19,20)18-12-10(13)11(14)16-6-17-12/h2-4,6H,1H3,(H,16,17,18). The van der Waals surface area contributed by atoms with Crippen molar-refractivity contribution in [1.82, 2.24) is 9.97 Å². The second-order valence-corrected chi connectivity index (χ2v) is 6.41. The molecule has 0 aliphatic heterocycles. The Morgan fingerprint density at radius 1 is 1.29 bits per heavy atom. The van der Waals surface area contributed by atoms with Gasteiger partial charge in [-0.2, -0.15) is 5.26 Å². The Bertz CT molecular complexity index is 847. The third kappa shape index (κ3) is 3.24. The molecule has 0 radical (unpaired) electrons. The van der Waals surface area contributed by atoms with E-state index in [0.717, 1.165) is 6.33 Å². The molecule has 1 N–H and O–H groups in total. The van der Waals surface area contributed by atoms with Gasteiger partial charge in [-0.3, -0.25) is 4.72 Å². The van der Waals surface area contributed by atoms with Crippen molar-refractivity contribution in [2.75, 3.05) is 4.72 Å². The van der Waals surface area contributed by atoms with E-state index in [-0.39, 0.29) is 26.5 Å². The number of benzene rings is 1. The van der Waals surface area contributed by atoms with Gasteiger partial charge in [0.1, 0.15) is 11.3 Å². The van der Waals surface area contributed by atoms with E-state index in [1.165, 1.54) is 12.1 Å². The monoisotopic (exact) mass is 342 g/mol. The highest BCUT2D eigenvalue weighted by Gasteiger charge is 2.20. The number of rotatable bonds is 3. The molecular weight excluding hydrogens is 335 g/mol. The van der Waals surface area contributed by atoms with Gasteiger partial charge in [0, 0.05) is 0 Å². The number of nitriles is 1. The Balaban J connectivity index is 2.49. The van der Waals surface area contributed by atoms with Crippen molar-refractivity contribution in [1.29, 1.82) is 5.26 Å². The van der Waals surface area contributed by atoms with Gasteiger partial charge >= 0.3 is 0 Å². The molecule has 9 heteroatoms. The lowest BCUT2D eigenvalue weighted by Crippen LogP contribution is -2.16. The molecule has 0 aliphatic rings. The number of aromatic nitrogens is 2. The lowest BCUT2D eigenvalue weighted by Gasteiger charge is -2.11. The van der Waals surface area contributed by atoms with Crippen LogP contribution in [0.3, 0.4) is 0 Å². The first-order valence-electron chi connectivity index (χ1n) is 5.54. The molecule has 0 atom stereocenters. The highest BCUT2D eigenvalue weighted by atomic mass is 35.5. The van der Waals surface area contributed by atoms with Crippen molar-refractivity contribution >= 4 is 39.0 Å². The van der Waals surface area contributed by atoms with Gasteiger partial charge in [-0.1, -0.05) is 29.3 Å². The summed E-state index contributed by atoms with van der Waals surface area (Å²) in [5.41, 5.74) is 0.713. The van der Waals surface area contributed by atoms with Crippen LogP contribution in [0.25, 0.3) is 0 Å².